The second-order valence-electron chi connectivity index (χ2n) is 5.94. The lowest BCUT2D eigenvalue weighted by atomic mass is 9.83. The number of hydrogen-bond acceptors (Lipinski definition) is 5. The summed E-state index contributed by atoms with van der Waals surface area (Å²) in [6, 6.07) is 3.90. The topological polar surface area (TPSA) is 58.9 Å². The zero-order valence-corrected chi connectivity index (χ0v) is 11.5. The largest absolute Gasteiger partial charge is 0.499 e. The first-order valence-electron chi connectivity index (χ1n) is 6.88. The molecule has 0 radical (unpaired) electrons. The van der Waals surface area contributed by atoms with E-state index in [0.717, 1.165) is 32.5 Å². The third-order valence-corrected chi connectivity index (χ3v) is 6.27. The van der Waals surface area contributed by atoms with Gasteiger partial charge in [-0.1, -0.05) is 6.07 Å². The fourth-order valence-corrected chi connectivity index (χ4v) is 4.98. The summed E-state index contributed by atoms with van der Waals surface area (Å²) in [5.41, 5.74) is 0.262. The molecule has 2 aliphatic carbocycles. The van der Waals surface area contributed by atoms with E-state index in [2.05, 4.69) is 6.07 Å². The van der Waals surface area contributed by atoms with Crippen molar-refractivity contribution >= 4 is 23.2 Å². The molecule has 3 fully saturated rings. The van der Waals surface area contributed by atoms with E-state index in [1.807, 2.05) is 6.07 Å². The molecule has 1 aliphatic heterocycles. The number of rotatable bonds is 2. The van der Waals surface area contributed by atoms with E-state index in [1.54, 1.807) is 0 Å². The van der Waals surface area contributed by atoms with Crippen LogP contribution >= 0.6 is 11.3 Å². The fourth-order valence-electron chi connectivity index (χ4n) is 3.79. The second-order valence-corrected chi connectivity index (χ2v) is 7.06. The zero-order chi connectivity index (χ0) is 13.1. The Bertz CT molecular complexity index is 497. The lowest BCUT2D eigenvalue weighted by molar-refractivity contribution is -0.180. The first kappa shape index (κ1) is 12.4. The zero-order valence-electron chi connectivity index (χ0n) is 10.7. The number of thiophene rings is 1. The quantitative estimate of drug-likeness (QED) is 0.779. The molecular weight excluding hydrogens is 263 g/mol. The third-order valence-electron chi connectivity index (χ3n) is 4.93. The van der Waals surface area contributed by atoms with Crippen LogP contribution in [0.5, 0.6) is 0 Å². The molecule has 1 aromatic heterocycles. The minimum Gasteiger partial charge on any atom is -0.423 e. The predicted octanol–water partition coefficient (Wildman–Crippen LogP) is 0.613. The van der Waals surface area contributed by atoms with Crippen LogP contribution in [0.4, 0.5) is 0 Å². The Balaban J connectivity index is 1.54. The average molecular weight is 280 g/mol. The van der Waals surface area contributed by atoms with Crippen LogP contribution in [0.3, 0.4) is 0 Å². The summed E-state index contributed by atoms with van der Waals surface area (Å²) >= 11 is 1.54. The van der Waals surface area contributed by atoms with Crippen molar-refractivity contribution in [1.82, 2.24) is 0 Å². The first-order chi connectivity index (χ1) is 9.14. The summed E-state index contributed by atoms with van der Waals surface area (Å²) in [7, 11) is -1.34. The van der Waals surface area contributed by atoms with E-state index in [1.165, 1.54) is 22.6 Å². The van der Waals surface area contributed by atoms with Gasteiger partial charge < -0.3 is 19.5 Å². The van der Waals surface area contributed by atoms with Crippen molar-refractivity contribution in [2.24, 2.45) is 5.92 Å². The van der Waals surface area contributed by atoms with Gasteiger partial charge in [-0.15, -0.1) is 11.3 Å². The van der Waals surface area contributed by atoms with Crippen LogP contribution in [0, 0.1) is 5.92 Å². The molecule has 4 rings (SSSR count). The second kappa shape index (κ2) is 4.05. The lowest BCUT2D eigenvalue weighted by Gasteiger charge is -2.34. The van der Waals surface area contributed by atoms with Gasteiger partial charge in [0, 0.05) is 27.9 Å². The number of ether oxygens (including phenoxy) is 2. The Morgan fingerprint density at radius 2 is 1.95 bits per heavy atom. The van der Waals surface area contributed by atoms with E-state index < -0.39 is 7.12 Å². The van der Waals surface area contributed by atoms with Crippen LogP contribution in [0.1, 0.15) is 30.6 Å². The van der Waals surface area contributed by atoms with Gasteiger partial charge >= 0.3 is 7.12 Å². The van der Waals surface area contributed by atoms with Crippen LogP contribution in [0.15, 0.2) is 12.1 Å². The molecule has 2 atom stereocenters. The summed E-state index contributed by atoms with van der Waals surface area (Å²) in [5, 5.41) is 18.5. The van der Waals surface area contributed by atoms with Gasteiger partial charge in [0.15, 0.2) is 5.79 Å². The summed E-state index contributed by atoms with van der Waals surface area (Å²) in [6.07, 6.45) is 4.21. The van der Waals surface area contributed by atoms with Gasteiger partial charge in [-0.3, -0.25) is 0 Å². The molecule has 1 aromatic rings. The molecule has 4 nitrogen and oxygen atoms in total. The van der Waals surface area contributed by atoms with E-state index in [-0.39, 0.29) is 11.2 Å². The van der Waals surface area contributed by atoms with Crippen LogP contribution < -0.4 is 4.78 Å². The normalized spacial score (nSPS) is 35.4. The van der Waals surface area contributed by atoms with Crippen molar-refractivity contribution in [2.75, 3.05) is 13.2 Å². The van der Waals surface area contributed by atoms with Crippen molar-refractivity contribution in [3.8, 4) is 0 Å². The highest BCUT2D eigenvalue weighted by Crippen LogP contribution is 2.65. The monoisotopic (exact) mass is 280 g/mol. The first-order valence-corrected chi connectivity index (χ1v) is 7.70. The van der Waals surface area contributed by atoms with E-state index in [9.17, 15) is 10.0 Å². The van der Waals surface area contributed by atoms with Gasteiger partial charge in [-0.25, -0.2) is 0 Å². The number of hydrogen-bond donors (Lipinski definition) is 2. The van der Waals surface area contributed by atoms with Gasteiger partial charge in [0.1, 0.15) is 0 Å². The van der Waals surface area contributed by atoms with Crippen molar-refractivity contribution < 1.29 is 19.5 Å². The maximum absolute atomic E-state index is 9.23. The van der Waals surface area contributed by atoms with E-state index >= 15 is 0 Å². The standard InChI is InChI=1S/C13H17BO4S/c15-14(16)11-2-1-10(19-11)12-3-4-13(8-9(12)7-12)17-5-6-18-13/h1-2,9,15-16H,3-8H2. The molecule has 19 heavy (non-hydrogen) atoms. The SMILES string of the molecule is OB(O)c1ccc(C23CCC4(CC2C3)OCCO4)s1. The molecule has 1 saturated heterocycles. The minimum absolute atomic E-state index is 0.262. The Morgan fingerprint density at radius 3 is 2.58 bits per heavy atom. The molecule has 0 aromatic carbocycles. The summed E-state index contributed by atoms with van der Waals surface area (Å²) < 4.78 is 12.3. The van der Waals surface area contributed by atoms with E-state index in [4.69, 9.17) is 9.47 Å². The molecule has 2 saturated carbocycles. The van der Waals surface area contributed by atoms with Crippen LogP contribution in [0.2, 0.25) is 0 Å². The molecule has 102 valence electrons. The van der Waals surface area contributed by atoms with Crippen molar-refractivity contribution in [3.05, 3.63) is 17.0 Å². The molecular formula is C13H17BO4S. The third kappa shape index (κ3) is 1.81. The molecule has 1 spiro atoms. The van der Waals surface area contributed by atoms with Gasteiger partial charge in [-0.2, -0.15) is 0 Å². The predicted molar refractivity (Wildman–Crippen MR) is 72.4 cm³/mol. The fraction of sp³-hybridized carbons (Fsp3) is 0.692. The van der Waals surface area contributed by atoms with Gasteiger partial charge in [0.05, 0.1) is 13.2 Å². The summed E-state index contributed by atoms with van der Waals surface area (Å²) in [5.74, 6) is 0.322. The van der Waals surface area contributed by atoms with Crippen molar-refractivity contribution in [1.29, 1.82) is 0 Å². The minimum atomic E-state index is -1.34. The highest BCUT2D eigenvalue weighted by atomic mass is 32.1. The van der Waals surface area contributed by atoms with Crippen molar-refractivity contribution in [3.63, 3.8) is 0 Å². The molecule has 2 N–H and O–H groups in total. The van der Waals surface area contributed by atoms with E-state index in [0.29, 0.717) is 10.7 Å². The summed E-state index contributed by atoms with van der Waals surface area (Å²) in [4.78, 5) is 1.30. The maximum atomic E-state index is 9.23. The van der Waals surface area contributed by atoms with Crippen molar-refractivity contribution in [2.45, 2.75) is 36.9 Å². The van der Waals surface area contributed by atoms with Crippen LogP contribution in [-0.2, 0) is 14.9 Å². The Morgan fingerprint density at radius 1 is 1.16 bits per heavy atom. The van der Waals surface area contributed by atoms with Gasteiger partial charge in [0.25, 0.3) is 0 Å². The van der Waals surface area contributed by atoms with Gasteiger partial charge in [0.2, 0.25) is 0 Å². The Hall–Kier alpha value is -0.395. The van der Waals surface area contributed by atoms with Crippen LogP contribution in [0.25, 0.3) is 0 Å². The summed E-state index contributed by atoms with van der Waals surface area (Å²) in [6.45, 7) is 1.44. The number of fused-ring (bicyclic) bond motifs is 1. The highest BCUT2D eigenvalue weighted by molar-refractivity contribution is 7.22. The molecule has 0 amide bonds. The molecule has 2 unspecified atom stereocenters. The molecule has 2 heterocycles. The maximum Gasteiger partial charge on any atom is 0.499 e. The highest BCUT2D eigenvalue weighted by Gasteiger charge is 2.63. The molecule has 6 heteroatoms. The smallest absolute Gasteiger partial charge is 0.423 e. The lowest BCUT2D eigenvalue weighted by Crippen LogP contribution is -2.36. The Labute approximate surface area is 116 Å². The Kier molecular flexibility index (Phi) is 2.64. The molecule has 3 aliphatic rings. The average Bonchev–Trinajstić information content (AvgIpc) is 2.80. The molecule has 0 bridgehead atoms. The van der Waals surface area contributed by atoms with Crippen LogP contribution in [-0.4, -0.2) is 36.2 Å². The van der Waals surface area contributed by atoms with Gasteiger partial charge in [-0.05, 0) is 24.8 Å².